The number of aromatic carboxylic acids is 1. The van der Waals surface area contributed by atoms with Crippen molar-refractivity contribution in [3.05, 3.63) is 11.8 Å². The lowest BCUT2D eigenvalue weighted by molar-refractivity contribution is 0.0688. The third-order valence-electron chi connectivity index (χ3n) is 1.79. The van der Waals surface area contributed by atoms with Crippen molar-refractivity contribution in [3.8, 4) is 5.88 Å². The zero-order valence-electron chi connectivity index (χ0n) is 9.21. The quantitative estimate of drug-likeness (QED) is 0.679. The SMILES string of the molecule is CC(C)Oc1c(C(=O)O)cnn1CCON. The van der Waals surface area contributed by atoms with Crippen molar-refractivity contribution < 1.29 is 19.5 Å². The minimum atomic E-state index is -1.07. The average Bonchev–Trinajstić information content (AvgIpc) is 2.57. The maximum Gasteiger partial charge on any atom is 0.342 e. The highest BCUT2D eigenvalue weighted by atomic mass is 16.6. The monoisotopic (exact) mass is 229 g/mol. The van der Waals surface area contributed by atoms with Gasteiger partial charge in [0.25, 0.3) is 0 Å². The molecule has 3 N–H and O–H groups in total. The lowest BCUT2D eigenvalue weighted by atomic mass is 10.3. The first-order valence-electron chi connectivity index (χ1n) is 4.83. The van der Waals surface area contributed by atoms with Gasteiger partial charge in [-0.25, -0.2) is 15.4 Å². The van der Waals surface area contributed by atoms with E-state index in [9.17, 15) is 4.79 Å². The summed E-state index contributed by atoms with van der Waals surface area (Å²) in [5, 5.41) is 12.8. The molecule has 0 aliphatic rings. The highest BCUT2D eigenvalue weighted by molar-refractivity contribution is 5.89. The second-order valence-corrected chi connectivity index (χ2v) is 3.43. The third-order valence-corrected chi connectivity index (χ3v) is 1.79. The summed E-state index contributed by atoms with van der Waals surface area (Å²) >= 11 is 0. The Bertz CT molecular complexity index is 362. The van der Waals surface area contributed by atoms with Crippen molar-refractivity contribution in [2.45, 2.75) is 26.5 Å². The van der Waals surface area contributed by atoms with E-state index in [1.54, 1.807) is 0 Å². The van der Waals surface area contributed by atoms with E-state index in [0.29, 0.717) is 6.54 Å². The molecule has 1 heterocycles. The molecule has 90 valence electrons. The van der Waals surface area contributed by atoms with Gasteiger partial charge in [0, 0.05) is 0 Å². The van der Waals surface area contributed by atoms with Crippen LogP contribution in [0.5, 0.6) is 5.88 Å². The zero-order chi connectivity index (χ0) is 12.1. The first kappa shape index (κ1) is 12.5. The van der Waals surface area contributed by atoms with Crippen molar-refractivity contribution >= 4 is 5.97 Å². The van der Waals surface area contributed by atoms with Crippen molar-refractivity contribution in [1.29, 1.82) is 0 Å². The molecule has 0 aliphatic heterocycles. The van der Waals surface area contributed by atoms with E-state index >= 15 is 0 Å². The van der Waals surface area contributed by atoms with E-state index in [1.807, 2.05) is 13.8 Å². The van der Waals surface area contributed by atoms with Gasteiger partial charge >= 0.3 is 5.97 Å². The van der Waals surface area contributed by atoms with Crippen molar-refractivity contribution in [1.82, 2.24) is 9.78 Å². The Morgan fingerprint density at radius 2 is 2.38 bits per heavy atom. The van der Waals surface area contributed by atoms with E-state index < -0.39 is 5.97 Å². The van der Waals surface area contributed by atoms with Gasteiger partial charge in [0.15, 0.2) is 0 Å². The van der Waals surface area contributed by atoms with Crippen LogP contribution in [-0.4, -0.2) is 33.6 Å². The van der Waals surface area contributed by atoms with Crippen molar-refractivity contribution in [2.24, 2.45) is 5.90 Å². The van der Waals surface area contributed by atoms with Gasteiger partial charge in [0.2, 0.25) is 5.88 Å². The molecule has 1 aromatic rings. The van der Waals surface area contributed by atoms with Crippen LogP contribution in [0.3, 0.4) is 0 Å². The highest BCUT2D eigenvalue weighted by Gasteiger charge is 2.19. The van der Waals surface area contributed by atoms with Crippen molar-refractivity contribution in [2.75, 3.05) is 6.61 Å². The second-order valence-electron chi connectivity index (χ2n) is 3.43. The van der Waals surface area contributed by atoms with Crippen LogP contribution in [0, 0.1) is 0 Å². The van der Waals surface area contributed by atoms with E-state index in [4.69, 9.17) is 15.7 Å². The summed E-state index contributed by atoms with van der Waals surface area (Å²) < 4.78 is 6.81. The molecule has 0 saturated heterocycles. The van der Waals surface area contributed by atoms with Gasteiger partial charge in [-0.2, -0.15) is 5.10 Å². The first-order valence-corrected chi connectivity index (χ1v) is 4.83. The molecule has 0 aromatic carbocycles. The molecule has 0 unspecified atom stereocenters. The van der Waals surface area contributed by atoms with Gasteiger partial charge in [-0.15, -0.1) is 0 Å². The van der Waals surface area contributed by atoms with Gasteiger partial charge < -0.3 is 14.7 Å². The summed E-state index contributed by atoms with van der Waals surface area (Å²) in [5.74, 6) is 4.04. The Morgan fingerprint density at radius 3 is 2.88 bits per heavy atom. The van der Waals surface area contributed by atoms with Crippen LogP contribution in [0.25, 0.3) is 0 Å². The zero-order valence-corrected chi connectivity index (χ0v) is 9.21. The number of ether oxygens (including phenoxy) is 1. The van der Waals surface area contributed by atoms with Crippen LogP contribution in [0.2, 0.25) is 0 Å². The number of hydrogen-bond acceptors (Lipinski definition) is 5. The predicted molar refractivity (Wildman–Crippen MR) is 55.1 cm³/mol. The Hall–Kier alpha value is -1.60. The number of nitrogens with zero attached hydrogens (tertiary/aromatic N) is 2. The lowest BCUT2D eigenvalue weighted by Crippen LogP contribution is -2.16. The molecule has 0 atom stereocenters. The predicted octanol–water partition coefficient (Wildman–Crippen LogP) is 0.259. The molecular weight excluding hydrogens is 214 g/mol. The van der Waals surface area contributed by atoms with Crippen LogP contribution in [0.15, 0.2) is 6.20 Å². The van der Waals surface area contributed by atoms with E-state index in [1.165, 1.54) is 10.9 Å². The Kier molecular flexibility index (Phi) is 4.27. The molecule has 0 radical (unpaired) electrons. The Morgan fingerprint density at radius 1 is 1.69 bits per heavy atom. The summed E-state index contributed by atoms with van der Waals surface area (Å²) in [6.07, 6.45) is 1.11. The number of nitrogens with two attached hydrogens (primary N) is 1. The molecule has 7 nitrogen and oxygen atoms in total. The number of aromatic nitrogens is 2. The minimum Gasteiger partial charge on any atom is -0.477 e. The lowest BCUT2D eigenvalue weighted by Gasteiger charge is -2.12. The van der Waals surface area contributed by atoms with E-state index in [2.05, 4.69) is 9.94 Å². The molecule has 0 spiro atoms. The number of carboxylic acid groups (broad SMARTS) is 1. The number of carboxylic acids is 1. The molecular formula is C9H15N3O4. The van der Waals surface area contributed by atoms with Gasteiger partial charge in [0.05, 0.1) is 25.5 Å². The highest BCUT2D eigenvalue weighted by Crippen LogP contribution is 2.19. The number of rotatable bonds is 6. The maximum atomic E-state index is 10.9. The first-order chi connectivity index (χ1) is 7.56. The van der Waals surface area contributed by atoms with Crippen LogP contribution in [0.4, 0.5) is 0 Å². The van der Waals surface area contributed by atoms with Crippen LogP contribution < -0.4 is 10.6 Å². The van der Waals surface area contributed by atoms with Crippen molar-refractivity contribution in [3.63, 3.8) is 0 Å². The molecule has 0 aliphatic carbocycles. The van der Waals surface area contributed by atoms with Crippen LogP contribution >= 0.6 is 0 Å². The van der Waals surface area contributed by atoms with Gasteiger partial charge in [-0.3, -0.25) is 0 Å². The van der Waals surface area contributed by atoms with Gasteiger partial charge in [-0.05, 0) is 13.8 Å². The Labute approximate surface area is 92.7 Å². The van der Waals surface area contributed by atoms with Gasteiger partial charge in [-0.1, -0.05) is 0 Å². The standard InChI is InChI=1S/C9H15N3O4/c1-6(2)16-8-7(9(13)14)5-11-12(8)3-4-15-10/h5-6H,3-4,10H2,1-2H3,(H,13,14). The molecule has 1 aromatic heterocycles. The fourth-order valence-electron chi connectivity index (χ4n) is 1.17. The van der Waals surface area contributed by atoms with Crippen LogP contribution in [-0.2, 0) is 11.4 Å². The summed E-state index contributed by atoms with van der Waals surface area (Å²) in [6, 6.07) is 0. The summed E-state index contributed by atoms with van der Waals surface area (Å²) in [6.45, 7) is 4.19. The molecule has 0 fully saturated rings. The molecule has 0 amide bonds. The molecule has 0 bridgehead atoms. The number of hydrogen-bond donors (Lipinski definition) is 2. The summed E-state index contributed by atoms with van der Waals surface area (Å²) in [4.78, 5) is 15.3. The average molecular weight is 229 g/mol. The molecule has 0 saturated carbocycles. The summed E-state index contributed by atoms with van der Waals surface area (Å²) in [7, 11) is 0. The van der Waals surface area contributed by atoms with E-state index in [-0.39, 0.29) is 24.2 Å². The number of carbonyl (C=O) groups is 1. The smallest absolute Gasteiger partial charge is 0.342 e. The Balaban J connectivity index is 2.94. The second kappa shape index (κ2) is 5.47. The van der Waals surface area contributed by atoms with Gasteiger partial charge in [0.1, 0.15) is 5.56 Å². The van der Waals surface area contributed by atoms with Crippen LogP contribution in [0.1, 0.15) is 24.2 Å². The topological polar surface area (TPSA) is 99.6 Å². The molecule has 1 rings (SSSR count). The molecule has 16 heavy (non-hydrogen) atoms. The minimum absolute atomic E-state index is 0.0331. The normalized spacial score (nSPS) is 10.8. The summed E-state index contributed by atoms with van der Waals surface area (Å²) in [5.41, 5.74) is 0.0331. The largest absolute Gasteiger partial charge is 0.477 e. The fourth-order valence-corrected chi connectivity index (χ4v) is 1.17. The molecule has 7 heteroatoms. The fraction of sp³-hybridized carbons (Fsp3) is 0.556. The van der Waals surface area contributed by atoms with E-state index in [0.717, 1.165) is 0 Å². The maximum absolute atomic E-state index is 10.9. The third kappa shape index (κ3) is 2.94.